The second-order valence-electron chi connectivity index (χ2n) is 6.13. The van der Waals surface area contributed by atoms with Crippen molar-refractivity contribution >= 4 is 16.9 Å². The van der Waals surface area contributed by atoms with Gasteiger partial charge in [0, 0.05) is 24.2 Å². The number of nitrogens with zero attached hydrogens (tertiary/aromatic N) is 2. The number of amides is 1. The van der Waals surface area contributed by atoms with Gasteiger partial charge < -0.3 is 10.4 Å². The van der Waals surface area contributed by atoms with E-state index in [0.29, 0.717) is 6.54 Å². The molecule has 2 aromatic rings. The van der Waals surface area contributed by atoms with E-state index in [0.717, 1.165) is 18.5 Å². The molecule has 1 aliphatic carbocycles. The molecule has 0 bridgehead atoms. The number of H-pyrrole nitrogens is 1. The Bertz CT molecular complexity index is 911. The summed E-state index contributed by atoms with van der Waals surface area (Å²) < 4.78 is 1.36. The summed E-state index contributed by atoms with van der Waals surface area (Å²) in [6.07, 6.45) is 1.96. The molecule has 0 saturated heterocycles. The Labute approximate surface area is 137 Å². The number of aromatic amines is 1. The highest BCUT2D eigenvalue weighted by molar-refractivity contribution is 6.05. The maximum absolute atomic E-state index is 12.6. The van der Waals surface area contributed by atoms with Gasteiger partial charge in [0.2, 0.25) is 0 Å². The molecule has 2 aromatic heterocycles. The molecule has 0 spiro atoms. The third-order valence-corrected chi connectivity index (χ3v) is 4.18. The molecule has 1 aliphatic rings. The fourth-order valence-corrected chi connectivity index (χ4v) is 2.70. The molecule has 2 heterocycles. The van der Waals surface area contributed by atoms with Crippen LogP contribution in [0.3, 0.4) is 0 Å². The van der Waals surface area contributed by atoms with Crippen molar-refractivity contribution in [3.63, 3.8) is 0 Å². The summed E-state index contributed by atoms with van der Waals surface area (Å²) >= 11 is 0. The van der Waals surface area contributed by atoms with E-state index < -0.39 is 23.2 Å². The number of fused-ring (bicyclic) bond motifs is 1. The SMILES string of the molecule is CCn1c(=O)[nH]c(=O)c2c(C(=O)NC(C)CO)cc(C3CC3)nc21. The summed E-state index contributed by atoms with van der Waals surface area (Å²) in [5, 5.41) is 11.9. The molecule has 24 heavy (non-hydrogen) atoms. The summed E-state index contributed by atoms with van der Waals surface area (Å²) in [4.78, 5) is 43.6. The van der Waals surface area contributed by atoms with Gasteiger partial charge in [-0.1, -0.05) is 0 Å². The van der Waals surface area contributed by atoms with Crippen molar-refractivity contribution < 1.29 is 9.90 Å². The summed E-state index contributed by atoms with van der Waals surface area (Å²) in [6, 6.07) is 1.18. The van der Waals surface area contributed by atoms with Crippen molar-refractivity contribution in [1.29, 1.82) is 0 Å². The fourth-order valence-electron chi connectivity index (χ4n) is 2.70. The van der Waals surface area contributed by atoms with Crippen molar-refractivity contribution in [3.05, 3.63) is 38.2 Å². The minimum atomic E-state index is -0.628. The number of rotatable bonds is 5. The van der Waals surface area contributed by atoms with Crippen molar-refractivity contribution in [2.45, 2.75) is 45.2 Å². The molecule has 0 radical (unpaired) electrons. The van der Waals surface area contributed by atoms with Gasteiger partial charge in [-0.25, -0.2) is 9.78 Å². The highest BCUT2D eigenvalue weighted by Crippen LogP contribution is 2.39. The molecule has 1 saturated carbocycles. The Kier molecular flexibility index (Phi) is 4.23. The number of carbonyl (C=O) groups excluding carboxylic acids is 1. The second kappa shape index (κ2) is 6.20. The van der Waals surface area contributed by atoms with Crippen LogP contribution in [0.15, 0.2) is 15.7 Å². The van der Waals surface area contributed by atoms with Crippen LogP contribution in [0.2, 0.25) is 0 Å². The highest BCUT2D eigenvalue weighted by atomic mass is 16.3. The van der Waals surface area contributed by atoms with E-state index in [1.165, 1.54) is 4.57 Å². The molecule has 1 amide bonds. The number of aryl methyl sites for hydroxylation is 1. The van der Waals surface area contributed by atoms with E-state index in [4.69, 9.17) is 5.11 Å². The van der Waals surface area contributed by atoms with Gasteiger partial charge in [-0.15, -0.1) is 0 Å². The summed E-state index contributed by atoms with van der Waals surface area (Å²) in [7, 11) is 0. The summed E-state index contributed by atoms with van der Waals surface area (Å²) in [5.74, 6) is -0.200. The number of aliphatic hydroxyl groups excluding tert-OH is 1. The molecule has 8 heteroatoms. The first-order chi connectivity index (χ1) is 11.5. The Balaban J connectivity index is 2.28. The van der Waals surface area contributed by atoms with Crippen molar-refractivity contribution in [1.82, 2.24) is 19.9 Å². The molecule has 3 N–H and O–H groups in total. The molecule has 128 valence electrons. The number of hydrogen-bond donors (Lipinski definition) is 3. The normalized spacial score (nSPS) is 15.5. The molecule has 1 unspecified atom stereocenters. The minimum absolute atomic E-state index is 0.100. The molecule has 8 nitrogen and oxygen atoms in total. The largest absolute Gasteiger partial charge is 0.394 e. The first-order valence-corrected chi connectivity index (χ1v) is 8.05. The second-order valence-corrected chi connectivity index (χ2v) is 6.13. The quantitative estimate of drug-likeness (QED) is 0.717. The molecular formula is C16H20N4O4. The van der Waals surface area contributed by atoms with E-state index in [2.05, 4.69) is 15.3 Å². The number of aromatic nitrogens is 3. The Hall–Kier alpha value is -2.48. The standard InChI is InChI=1S/C16H20N4O4/c1-3-20-13-12(15(23)19-16(20)24)10(14(22)17-8(2)7-21)6-11(18-13)9-4-5-9/h6,8-9,21H,3-5,7H2,1-2H3,(H,17,22)(H,19,23,24). The van der Waals surface area contributed by atoms with Crippen LogP contribution in [0.25, 0.3) is 11.0 Å². The predicted molar refractivity (Wildman–Crippen MR) is 88.3 cm³/mol. The monoisotopic (exact) mass is 332 g/mol. The zero-order valence-corrected chi connectivity index (χ0v) is 13.6. The smallest absolute Gasteiger partial charge is 0.329 e. The molecule has 3 rings (SSSR count). The Morgan fingerprint density at radius 1 is 1.50 bits per heavy atom. The Morgan fingerprint density at radius 3 is 2.79 bits per heavy atom. The lowest BCUT2D eigenvalue weighted by atomic mass is 10.1. The molecule has 1 fully saturated rings. The van der Waals surface area contributed by atoms with Gasteiger partial charge in [-0.2, -0.15) is 0 Å². The Morgan fingerprint density at radius 2 is 2.21 bits per heavy atom. The first-order valence-electron chi connectivity index (χ1n) is 8.05. The van der Waals surface area contributed by atoms with Gasteiger partial charge in [-0.3, -0.25) is 19.1 Å². The van der Waals surface area contributed by atoms with Crippen molar-refractivity contribution in [2.75, 3.05) is 6.61 Å². The van der Waals surface area contributed by atoms with Crippen LogP contribution in [-0.4, -0.2) is 38.2 Å². The number of nitrogens with one attached hydrogen (secondary N) is 2. The van der Waals surface area contributed by atoms with Crippen LogP contribution in [0, 0.1) is 0 Å². The number of carbonyl (C=O) groups is 1. The van der Waals surface area contributed by atoms with Crippen LogP contribution in [0.5, 0.6) is 0 Å². The molecular weight excluding hydrogens is 312 g/mol. The number of hydrogen-bond acceptors (Lipinski definition) is 5. The predicted octanol–water partition coefficient (Wildman–Crippen LogP) is 0.0927. The zero-order chi connectivity index (χ0) is 17.4. The van der Waals surface area contributed by atoms with Gasteiger partial charge in [0.25, 0.3) is 11.5 Å². The van der Waals surface area contributed by atoms with Crippen LogP contribution in [-0.2, 0) is 6.54 Å². The lowest BCUT2D eigenvalue weighted by Gasteiger charge is -2.14. The molecule has 0 aromatic carbocycles. The maximum Gasteiger partial charge on any atom is 0.329 e. The van der Waals surface area contributed by atoms with E-state index in [9.17, 15) is 14.4 Å². The van der Waals surface area contributed by atoms with Crippen LogP contribution in [0.1, 0.15) is 48.7 Å². The molecule has 1 atom stereocenters. The van der Waals surface area contributed by atoms with Crippen LogP contribution < -0.4 is 16.6 Å². The average molecular weight is 332 g/mol. The lowest BCUT2D eigenvalue weighted by molar-refractivity contribution is 0.0923. The lowest BCUT2D eigenvalue weighted by Crippen LogP contribution is -2.37. The number of aliphatic hydroxyl groups is 1. The first kappa shape index (κ1) is 16.4. The van der Waals surface area contributed by atoms with Gasteiger partial charge >= 0.3 is 5.69 Å². The van der Waals surface area contributed by atoms with Gasteiger partial charge in [-0.05, 0) is 32.8 Å². The zero-order valence-electron chi connectivity index (χ0n) is 13.6. The van der Waals surface area contributed by atoms with E-state index >= 15 is 0 Å². The van der Waals surface area contributed by atoms with Crippen LogP contribution >= 0.6 is 0 Å². The highest BCUT2D eigenvalue weighted by Gasteiger charge is 2.28. The van der Waals surface area contributed by atoms with E-state index in [1.807, 2.05) is 0 Å². The van der Waals surface area contributed by atoms with Crippen molar-refractivity contribution in [2.24, 2.45) is 0 Å². The molecule has 0 aliphatic heterocycles. The minimum Gasteiger partial charge on any atom is -0.394 e. The average Bonchev–Trinajstić information content (AvgIpc) is 3.38. The fraction of sp³-hybridized carbons (Fsp3) is 0.500. The topological polar surface area (TPSA) is 117 Å². The third kappa shape index (κ3) is 2.84. The summed E-state index contributed by atoms with van der Waals surface area (Å²) in [5.41, 5.74) is -0.0264. The maximum atomic E-state index is 12.6. The van der Waals surface area contributed by atoms with Crippen LogP contribution in [0.4, 0.5) is 0 Å². The van der Waals surface area contributed by atoms with Gasteiger partial charge in [0.15, 0.2) is 5.65 Å². The number of pyridine rings is 1. The third-order valence-electron chi connectivity index (χ3n) is 4.18. The van der Waals surface area contributed by atoms with Crippen molar-refractivity contribution in [3.8, 4) is 0 Å². The van der Waals surface area contributed by atoms with E-state index in [1.54, 1.807) is 19.9 Å². The van der Waals surface area contributed by atoms with Gasteiger partial charge in [0.05, 0.1) is 17.6 Å². The van der Waals surface area contributed by atoms with E-state index in [-0.39, 0.29) is 29.1 Å². The summed E-state index contributed by atoms with van der Waals surface area (Å²) in [6.45, 7) is 3.56. The van der Waals surface area contributed by atoms with Gasteiger partial charge in [0.1, 0.15) is 0 Å².